The highest BCUT2D eigenvalue weighted by atomic mass is 32.2. The van der Waals surface area contributed by atoms with Gasteiger partial charge in [-0.05, 0) is 25.0 Å². The fourth-order valence-electron chi connectivity index (χ4n) is 2.56. The molecule has 7 heteroatoms. The van der Waals surface area contributed by atoms with Crippen LogP contribution >= 0.6 is 0 Å². The minimum atomic E-state index is -3.37. The lowest BCUT2D eigenvalue weighted by molar-refractivity contribution is 0.189. The van der Waals surface area contributed by atoms with Gasteiger partial charge in [0, 0.05) is 25.2 Å². The van der Waals surface area contributed by atoms with Gasteiger partial charge in [0.2, 0.25) is 10.0 Å². The Kier molecular flexibility index (Phi) is 2.87. The minimum Gasteiger partial charge on any atom is -0.247 e. The molecule has 1 aliphatic heterocycles. The fraction of sp³-hybridized carbons (Fsp3) is 0.429. The maximum atomic E-state index is 12.4. The van der Waals surface area contributed by atoms with Gasteiger partial charge in [0.15, 0.2) is 0 Å². The lowest BCUT2D eigenvalue weighted by atomic mass is 10.2. The number of rotatable bonds is 4. The summed E-state index contributed by atoms with van der Waals surface area (Å²) in [6, 6.07) is 8.65. The number of aromatic nitrogens is 3. The second-order valence-electron chi connectivity index (χ2n) is 5.69. The van der Waals surface area contributed by atoms with E-state index in [4.69, 9.17) is 0 Å². The summed E-state index contributed by atoms with van der Waals surface area (Å²) in [5.74, 6) is 0.572. The van der Waals surface area contributed by atoms with Gasteiger partial charge in [-0.1, -0.05) is 23.4 Å². The first-order valence-electron chi connectivity index (χ1n) is 7.11. The average molecular weight is 304 g/mol. The predicted octanol–water partition coefficient (Wildman–Crippen LogP) is 1.40. The molecule has 1 aromatic carbocycles. The van der Waals surface area contributed by atoms with Crippen molar-refractivity contribution in [1.29, 1.82) is 0 Å². The first-order chi connectivity index (χ1) is 10.1. The number of benzene rings is 1. The minimum absolute atomic E-state index is 0.100. The smallest absolute Gasteiger partial charge is 0.243 e. The van der Waals surface area contributed by atoms with E-state index in [-0.39, 0.29) is 6.04 Å². The van der Waals surface area contributed by atoms with Crippen molar-refractivity contribution in [3.63, 3.8) is 0 Å². The van der Waals surface area contributed by atoms with E-state index in [9.17, 15) is 8.42 Å². The third-order valence-corrected chi connectivity index (χ3v) is 5.95. The Labute approximate surface area is 123 Å². The van der Waals surface area contributed by atoms with E-state index in [1.54, 1.807) is 24.3 Å². The van der Waals surface area contributed by atoms with E-state index >= 15 is 0 Å². The molecule has 0 spiro atoms. The van der Waals surface area contributed by atoms with Crippen LogP contribution < -0.4 is 0 Å². The van der Waals surface area contributed by atoms with E-state index in [1.165, 1.54) is 17.1 Å². The highest BCUT2D eigenvalue weighted by molar-refractivity contribution is 7.89. The van der Waals surface area contributed by atoms with Crippen LogP contribution in [0, 0.1) is 0 Å². The van der Waals surface area contributed by atoms with Gasteiger partial charge in [-0.3, -0.25) is 0 Å². The van der Waals surface area contributed by atoms with Crippen LogP contribution in [0.15, 0.2) is 41.4 Å². The van der Waals surface area contributed by atoms with Gasteiger partial charge >= 0.3 is 0 Å². The molecule has 21 heavy (non-hydrogen) atoms. The molecule has 0 amide bonds. The number of nitrogens with zero attached hydrogens (tertiary/aromatic N) is 4. The maximum Gasteiger partial charge on any atom is 0.243 e. The second kappa shape index (κ2) is 4.64. The molecule has 4 rings (SSSR count). The number of hydrogen-bond donors (Lipinski definition) is 0. The van der Waals surface area contributed by atoms with Crippen LogP contribution in [-0.4, -0.2) is 40.8 Å². The monoisotopic (exact) mass is 304 g/mol. The third-order valence-electron chi connectivity index (χ3n) is 4.11. The molecule has 1 aromatic heterocycles. The van der Waals surface area contributed by atoms with Gasteiger partial charge in [-0.15, -0.1) is 5.10 Å². The van der Waals surface area contributed by atoms with Gasteiger partial charge in [-0.2, -0.15) is 4.31 Å². The number of hydrogen-bond acceptors (Lipinski definition) is 4. The molecule has 0 radical (unpaired) electrons. The summed E-state index contributed by atoms with van der Waals surface area (Å²) in [5, 5.41) is 8.31. The summed E-state index contributed by atoms with van der Waals surface area (Å²) in [6.45, 7) is 0.926. The van der Waals surface area contributed by atoms with Crippen LogP contribution in [0.1, 0.15) is 30.5 Å². The zero-order valence-corrected chi connectivity index (χ0v) is 12.3. The van der Waals surface area contributed by atoms with E-state index in [2.05, 4.69) is 10.3 Å². The fourth-order valence-corrected chi connectivity index (χ4v) is 4.09. The zero-order valence-electron chi connectivity index (χ0n) is 11.5. The molecule has 0 bridgehead atoms. The summed E-state index contributed by atoms with van der Waals surface area (Å²) in [5.41, 5.74) is 1.04. The molecule has 6 nitrogen and oxygen atoms in total. The summed E-state index contributed by atoms with van der Waals surface area (Å²) in [6.07, 6.45) is 4.35. The lowest BCUT2D eigenvalue weighted by Crippen LogP contribution is -2.50. The van der Waals surface area contributed by atoms with Gasteiger partial charge in [0.05, 0.1) is 16.6 Å². The molecule has 0 N–H and O–H groups in total. The van der Waals surface area contributed by atoms with Crippen LogP contribution in [0.4, 0.5) is 0 Å². The quantitative estimate of drug-likeness (QED) is 0.856. The first-order valence-corrected chi connectivity index (χ1v) is 8.55. The van der Waals surface area contributed by atoms with Gasteiger partial charge in [-0.25, -0.2) is 13.1 Å². The van der Waals surface area contributed by atoms with E-state index in [1.807, 2.05) is 16.9 Å². The molecule has 2 aromatic rings. The normalized spacial score (nSPS) is 20.4. The molecule has 0 atom stereocenters. The van der Waals surface area contributed by atoms with E-state index in [0.29, 0.717) is 23.9 Å². The Bertz CT molecular complexity index is 746. The van der Waals surface area contributed by atoms with Crippen LogP contribution in [-0.2, 0) is 10.0 Å². The van der Waals surface area contributed by atoms with Crippen molar-refractivity contribution in [2.24, 2.45) is 0 Å². The van der Waals surface area contributed by atoms with Crippen LogP contribution in [0.5, 0.6) is 0 Å². The zero-order chi connectivity index (χ0) is 14.4. The highest BCUT2D eigenvalue weighted by Gasteiger charge is 2.38. The Morgan fingerprint density at radius 2 is 1.81 bits per heavy atom. The molecule has 1 saturated heterocycles. The molecule has 2 fully saturated rings. The summed E-state index contributed by atoms with van der Waals surface area (Å²) in [4.78, 5) is 0.348. The van der Waals surface area contributed by atoms with E-state index in [0.717, 1.165) is 5.69 Å². The summed E-state index contributed by atoms with van der Waals surface area (Å²) in [7, 11) is -3.37. The van der Waals surface area contributed by atoms with Gasteiger partial charge < -0.3 is 0 Å². The molecule has 0 unspecified atom stereocenters. The topological polar surface area (TPSA) is 68.1 Å². The van der Waals surface area contributed by atoms with Crippen molar-refractivity contribution in [3.8, 4) is 0 Å². The predicted molar refractivity (Wildman–Crippen MR) is 76.2 cm³/mol. The van der Waals surface area contributed by atoms with Crippen molar-refractivity contribution < 1.29 is 8.42 Å². The second-order valence-corrected chi connectivity index (χ2v) is 7.62. The molecule has 2 aliphatic rings. The molecule has 110 valence electrons. The molecular weight excluding hydrogens is 288 g/mol. The highest BCUT2D eigenvalue weighted by Crippen LogP contribution is 2.39. The van der Waals surface area contributed by atoms with Gasteiger partial charge in [0.25, 0.3) is 0 Å². The SMILES string of the molecule is O=S(=O)(c1ccccc1)N1CC(n2cc(C3CC3)nn2)C1. The van der Waals surface area contributed by atoms with Crippen LogP contribution in [0.2, 0.25) is 0 Å². The Morgan fingerprint density at radius 1 is 1.10 bits per heavy atom. The third kappa shape index (κ3) is 2.26. The Balaban J connectivity index is 1.46. The molecule has 1 aliphatic carbocycles. The Morgan fingerprint density at radius 3 is 2.48 bits per heavy atom. The molecular formula is C14H16N4O2S. The Hall–Kier alpha value is -1.73. The van der Waals surface area contributed by atoms with Crippen molar-refractivity contribution in [2.45, 2.75) is 29.7 Å². The summed E-state index contributed by atoms with van der Waals surface area (Å²) >= 11 is 0. The van der Waals surface area contributed by atoms with Crippen molar-refractivity contribution >= 4 is 10.0 Å². The van der Waals surface area contributed by atoms with Crippen molar-refractivity contribution in [1.82, 2.24) is 19.3 Å². The van der Waals surface area contributed by atoms with Crippen molar-refractivity contribution in [3.05, 3.63) is 42.2 Å². The standard InChI is InChI=1S/C14H16N4O2S/c19-21(20,13-4-2-1-3-5-13)17-8-12(9-17)18-10-14(15-16-18)11-6-7-11/h1-5,10-12H,6-9H2. The van der Waals surface area contributed by atoms with Gasteiger partial charge in [0.1, 0.15) is 0 Å². The summed E-state index contributed by atoms with van der Waals surface area (Å²) < 4.78 is 28.1. The molecule has 1 saturated carbocycles. The molecule has 2 heterocycles. The van der Waals surface area contributed by atoms with Crippen molar-refractivity contribution in [2.75, 3.05) is 13.1 Å². The van der Waals surface area contributed by atoms with Crippen LogP contribution in [0.25, 0.3) is 0 Å². The lowest BCUT2D eigenvalue weighted by Gasteiger charge is -2.37. The van der Waals surface area contributed by atoms with Crippen LogP contribution in [0.3, 0.4) is 0 Å². The maximum absolute atomic E-state index is 12.4. The van der Waals surface area contributed by atoms with E-state index < -0.39 is 10.0 Å². The number of sulfonamides is 1. The average Bonchev–Trinajstić information content (AvgIpc) is 3.18. The largest absolute Gasteiger partial charge is 0.247 e. The first kappa shape index (κ1) is 13.0.